The molecular formula is C30H36Cl2CrO2. The zero-order valence-electron chi connectivity index (χ0n) is 20.5. The molecule has 35 heavy (non-hydrogen) atoms. The molecule has 0 saturated heterocycles. The predicted octanol–water partition coefficient (Wildman–Crippen LogP) is 9.58. The fraction of sp³-hybridized carbons (Fsp3) is 0.267. The van der Waals surface area contributed by atoms with Crippen molar-refractivity contribution in [1.29, 1.82) is 0 Å². The maximum absolute atomic E-state index is 8.70. The van der Waals surface area contributed by atoms with Gasteiger partial charge in [-0.1, -0.05) is 75.6 Å². The van der Waals surface area contributed by atoms with Crippen molar-refractivity contribution in [3.8, 4) is 11.5 Å². The van der Waals surface area contributed by atoms with E-state index in [4.69, 9.17) is 33.4 Å². The van der Waals surface area contributed by atoms with Gasteiger partial charge in [-0.05, 0) is 48.5 Å². The molecule has 4 aromatic carbocycles. The molecule has 0 aliphatic rings. The van der Waals surface area contributed by atoms with Crippen molar-refractivity contribution in [3.63, 3.8) is 0 Å². The van der Waals surface area contributed by atoms with E-state index >= 15 is 0 Å². The number of aryl methyl sites for hydroxylation is 2. The van der Waals surface area contributed by atoms with Crippen molar-refractivity contribution in [2.24, 2.45) is 0 Å². The van der Waals surface area contributed by atoms with E-state index in [-0.39, 0.29) is 28.9 Å². The van der Waals surface area contributed by atoms with Crippen molar-refractivity contribution in [1.82, 2.24) is 0 Å². The Hall–Kier alpha value is -2.15. The molecule has 0 aromatic heterocycles. The van der Waals surface area contributed by atoms with Crippen LogP contribution in [0.15, 0.2) is 97.1 Å². The number of aromatic hydroxyl groups is 2. The third-order valence-corrected chi connectivity index (χ3v) is 5.26. The quantitative estimate of drug-likeness (QED) is 0.234. The van der Waals surface area contributed by atoms with E-state index in [9.17, 15) is 0 Å². The Labute approximate surface area is 232 Å². The molecule has 188 valence electrons. The van der Waals surface area contributed by atoms with Crippen molar-refractivity contribution in [2.75, 3.05) is 0 Å². The molecule has 0 bridgehead atoms. The Kier molecular flexibility index (Phi) is 19.9. The summed E-state index contributed by atoms with van der Waals surface area (Å²) >= 11 is 11.0. The fourth-order valence-corrected chi connectivity index (χ4v) is 3.06. The smallest absolute Gasteiger partial charge is 0.508 e. The van der Waals surface area contributed by atoms with Crippen LogP contribution >= 0.6 is 23.2 Å². The van der Waals surface area contributed by atoms with Crippen LogP contribution in [0.5, 0.6) is 11.5 Å². The summed E-state index contributed by atoms with van der Waals surface area (Å²) < 4.78 is 0. The summed E-state index contributed by atoms with van der Waals surface area (Å²) in [5, 5.41) is 18.7. The van der Waals surface area contributed by atoms with Crippen molar-refractivity contribution >= 4 is 23.2 Å². The van der Waals surface area contributed by atoms with E-state index in [1.165, 1.54) is 49.7 Å². The Morgan fingerprint density at radius 1 is 0.571 bits per heavy atom. The SMILES string of the molecule is CCCC[c-]1cccc1.CCCC[c-]1cccc1.Oc1ccc(Cl)cc1.Oc1ccc(Cl)cc1.[Cr+2]. The summed E-state index contributed by atoms with van der Waals surface area (Å²) in [6, 6.07) is 29.9. The van der Waals surface area contributed by atoms with E-state index in [1.54, 1.807) is 48.5 Å². The molecule has 0 aliphatic heterocycles. The summed E-state index contributed by atoms with van der Waals surface area (Å²) in [5.74, 6) is 0.490. The number of phenolic OH excluding ortho intramolecular Hbond substituents is 2. The number of unbranched alkanes of at least 4 members (excludes halogenated alkanes) is 2. The second-order valence-electron chi connectivity index (χ2n) is 7.75. The van der Waals surface area contributed by atoms with Gasteiger partial charge in [-0.3, -0.25) is 0 Å². The van der Waals surface area contributed by atoms with Gasteiger partial charge in [-0.25, -0.2) is 24.3 Å². The Balaban J connectivity index is 0.000000437. The first-order valence-electron chi connectivity index (χ1n) is 11.7. The van der Waals surface area contributed by atoms with Crippen molar-refractivity contribution < 1.29 is 27.6 Å². The normalized spacial score (nSPS) is 9.26. The molecule has 5 heteroatoms. The summed E-state index contributed by atoms with van der Waals surface area (Å²) in [4.78, 5) is 0. The Morgan fingerprint density at radius 2 is 0.857 bits per heavy atom. The molecule has 0 saturated carbocycles. The van der Waals surface area contributed by atoms with Crippen LogP contribution in [-0.4, -0.2) is 10.2 Å². The van der Waals surface area contributed by atoms with Gasteiger partial charge >= 0.3 is 17.4 Å². The predicted molar refractivity (Wildman–Crippen MR) is 148 cm³/mol. The van der Waals surface area contributed by atoms with Crippen molar-refractivity contribution in [3.05, 3.63) is 118 Å². The maximum atomic E-state index is 8.70. The molecule has 2 N–H and O–H groups in total. The molecule has 0 spiro atoms. The van der Waals surface area contributed by atoms with Gasteiger partial charge in [0.25, 0.3) is 0 Å². The number of benzene rings is 2. The molecule has 4 rings (SSSR count). The van der Waals surface area contributed by atoms with Crippen LogP contribution in [0.1, 0.15) is 50.7 Å². The topological polar surface area (TPSA) is 40.5 Å². The van der Waals surface area contributed by atoms with Gasteiger partial charge in [0.2, 0.25) is 0 Å². The molecular weight excluding hydrogens is 515 g/mol. The zero-order chi connectivity index (χ0) is 25.0. The Morgan fingerprint density at radius 3 is 1.09 bits per heavy atom. The van der Waals surface area contributed by atoms with Crippen LogP contribution < -0.4 is 0 Å². The van der Waals surface area contributed by atoms with E-state index in [0.29, 0.717) is 10.0 Å². The van der Waals surface area contributed by atoms with Crippen LogP contribution in [0.4, 0.5) is 0 Å². The minimum atomic E-state index is 0. The second-order valence-corrected chi connectivity index (χ2v) is 8.62. The van der Waals surface area contributed by atoms with E-state index in [2.05, 4.69) is 62.4 Å². The van der Waals surface area contributed by atoms with Crippen LogP contribution in [0.25, 0.3) is 0 Å². The van der Waals surface area contributed by atoms with Crippen LogP contribution in [0.2, 0.25) is 10.0 Å². The number of rotatable bonds is 6. The first-order valence-corrected chi connectivity index (χ1v) is 12.5. The number of phenols is 2. The molecule has 0 aliphatic carbocycles. The first-order chi connectivity index (χ1) is 16.4. The zero-order valence-corrected chi connectivity index (χ0v) is 23.3. The molecule has 0 amide bonds. The summed E-state index contributed by atoms with van der Waals surface area (Å²) in [5.41, 5.74) is 2.97. The average Bonchev–Trinajstić information content (AvgIpc) is 3.56. The average molecular weight is 552 g/mol. The minimum Gasteiger partial charge on any atom is -0.508 e. The van der Waals surface area contributed by atoms with Gasteiger partial charge < -0.3 is 10.2 Å². The molecule has 0 atom stereocenters. The monoisotopic (exact) mass is 550 g/mol. The third kappa shape index (κ3) is 17.9. The van der Waals surface area contributed by atoms with Crippen LogP contribution in [-0.2, 0) is 30.2 Å². The van der Waals surface area contributed by atoms with E-state index in [0.717, 1.165) is 0 Å². The van der Waals surface area contributed by atoms with Crippen LogP contribution in [0.3, 0.4) is 0 Å². The fourth-order valence-electron chi connectivity index (χ4n) is 2.81. The second kappa shape index (κ2) is 21.2. The first kappa shape index (κ1) is 32.9. The minimum absolute atomic E-state index is 0. The van der Waals surface area contributed by atoms with Gasteiger partial charge in [-0.2, -0.15) is 35.4 Å². The summed E-state index contributed by atoms with van der Waals surface area (Å²) in [6.07, 6.45) is 7.75. The van der Waals surface area contributed by atoms with E-state index in [1.807, 2.05) is 0 Å². The van der Waals surface area contributed by atoms with Gasteiger partial charge in [0, 0.05) is 10.0 Å². The van der Waals surface area contributed by atoms with E-state index < -0.39 is 0 Å². The van der Waals surface area contributed by atoms with Crippen LogP contribution in [0, 0.1) is 0 Å². The molecule has 2 nitrogen and oxygen atoms in total. The molecule has 0 fully saturated rings. The molecule has 4 aromatic rings. The number of hydrogen-bond donors (Lipinski definition) is 2. The van der Waals surface area contributed by atoms with Gasteiger partial charge in [-0.15, -0.1) is 0 Å². The third-order valence-electron chi connectivity index (χ3n) is 4.75. The number of hydrogen-bond acceptors (Lipinski definition) is 2. The van der Waals surface area contributed by atoms with Gasteiger partial charge in [0.15, 0.2) is 0 Å². The Bertz CT molecular complexity index is 825. The number of halogens is 2. The van der Waals surface area contributed by atoms with Gasteiger partial charge in [0.05, 0.1) is 0 Å². The standard InChI is InChI=1S/2C9H13.2C6H5ClO.Cr/c2*1-2-3-6-9-7-4-5-8-9;2*7-5-1-3-6(8)4-2-5;/h2*4-5,7-8H,2-3,6H2,1H3;2*1-4,8H;/q2*-1;;;+2. The molecule has 0 radical (unpaired) electrons. The summed E-state index contributed by atoms with van der Waals surface area (Å²) in [6.45, 7) is 4.45. The van der Waals surface area contributed by atoms with Crippen molar-refractivity contribution in [2.45, 2.75) is 52.4 Å². The van der Waals surface area contributed by atoms with Gasteiger partial charge in [0.1, 0.15) is 11.5 Å². The largest absolute Gasteiger partial charge is 2.00 e. The molecule has 0 heterocycles. The summed E-state index contributed by atoms with van der Waals surface area (Å²) in [7, 11) is 0. The molecule has 0 unspecified atom stereocenters. The maximum Gasteiger partial charge on any atom is 2.00 e.